The van der Waals surface area contributed by atoms with E-state index in [-0.39, 0.29) is 0 Å². The molecule has 0 amide bonds. The zero-order valence-corrected chi connectivity index (χ0v) is 12.2. The monoisotopic (exact) mass is 280 g/mol. The Labute approximate surface area is 125 Å². The van der Waals surface area contributed by atoms with Crippen molar-refractivity contribution in [2.24, 2.45) is 0 Å². The van der Waals surface area contributed by atoms with Gasteiger partial charge in [-0.25, -0.2) is 0 Å². The molecule has 108 valence electrons. The fraction of sp³-hybridized carbons (Fsp3) is 0.263. The lowest BCUT2D eigenvalue weighted by atomic mass is 9.84. The molecule has 0 radical (unpaired) electrons. The summed E-state index contributed by atoms with van der Waals surface area (Å²) in [6.07, 6.45) is 5.26. The van der Waals surface area contributed by atoms with Gasteiger partial charge in [0.15, 0.2) is 0 Å². The molecule has 2 aromatic rings. The molecule has 2 aromatic carbocycles. The largest absolute Gasteiger partial charge is 0.508 e. The van der Waals surface area contributed by atoms with E-state index in [2.05, 4.69) is 19.1 Å². The molecule has 0 spiro atoms. The van der Waals surface area contributed by atoms with Crippen LogP contribution in [-0.4, -0.2) is 10.2 Å². The minimum Gasteiger partial charge on any atom is -0.508 e. The van der Waals surface area contributed by atoms with Gasteiger partial charge in [-0.2, -0.15) is 0 Å². The smallest absolute Gasteiger partial charge is 0.115 e. The predicted octanol–water partition coefficient (Wildman–Crippen LogP) is 4.62. The Morgan fingerprint density at radius 1 is 1.00 bits per heavy atom. The second-order valence-electron chi connectivity index (χ2n) is 5.59. The summed E-state index contributed by atoms with van der Waals surface area (Å²) in [7, 11) is 0. The molecule has 0 aromatic heterocycles. The number of aryl methyl sites for hydroxylation is 1. The van der Waals surface area contributed by atoms with Crippen molar-refractivity contribution in [2.75, 3.05) is 0 Å². The molecule has 0 fully saturated rings. The van der Waals surface area contributed by atoms with Gasteiger partial charge in [0.05, 0.1) is 0 Å². The molecule has 1 aliphatic rings. The standard InChI is InChI=1S/C19H20O2/c1-2-17-18(13-6-8-15(20)9-7-13)5-3-4-14-12-16(21)10-11-19(14)17/h5-12,17,20-21H,2-4H2,1H3. The van der Waals surface area contributed by atoms with Gasteiger partial charge in [-0.1, -0.05) is 31.2 Å². The highest BCUT2D eigenvalue weighted by molar-refractivity contribution is 5.73. The zero-order valence-electron chi connectivity index (χ0n) is 12.2. The third kappa shape index (κ3) is 2.66. The fourth-order valence-corrected chi connectivity index (χ4v) is 3.25. The van der Waals surface area contributed by atoms with Crippen LogP contribution in [0.3, 0.4) is 0 Å². The third-order valence-corrected chi connectivity index (χ3v) is 4.26. The molecule has 2 heteroatoms. The van der Waals surface area contributed by atoms with Crippen LogP contribution in [0, 0.1) is 0 Å². The minimum absolute atomic E-state index is 0.298. The number of fused-ring (bicyclic) bond motifs is 1. The van der Waals surface area contributed by atoms with Gasteiger partial charge in [-0.05, 0) is 65.8 Å². The molecule has 2 nitrogen and oxygen atoms in total. The molecular formula is C19H20O2. The van der Waals surface area contributed by atoms with Gasteiger partial charge in [0.1, 0.15) is 11.5 Å². The number of benzene rings is 2. The van der Waals surface area contributed by atoms with Gasteiger partial charge in [-0.15, -0.1) is 0 Å². The van der Waals surface area contributed by atoms with E-state index in [4.69, 9.17) is 0 Å². The molecule has 0 aliphatic heterocycles. The van der Waals surface area contributed by atoms with E-state index >= 15 is 0 Å². The van der Waals surface area contributed by atoms with Crippen molar-refractivity contribution < 1.29 is 10.2 Å². The maximum Gasteiger partial charge on any atom is 0.115 e. The van der Waals surface area contributed by atoms with Gasteiger partial charge in [0.25, 0.3) is 0 Å². The van der Waals surface area contributed by atoms with Crippen molar-refractivity contribution in [2.45, 2.75) is 32.1 Å². The summed E-state index contributed by atoms with van der Waals surface area (Å²) in [6.45, 7) is 2.20. The SMILES string of the molecule is CCC1C(c2ccc(O)cc2)=CCCc2cc(O)ccc21. The van der Waals surface area contributed by atoms with Crippen LogP contribution >= 0.6 is 0 Å². The lowest BCUT2D eigenvalue weighted by Gasteiger charge is -2.21. The van der Waals surface area contributed by atoms with Crippen LogP contribution in [0.2, 0.25) is 0 Å². The van der Waals surface area contributed by atoms with Crippen LogP contribution in [0.4, 0.5) is 0 Å². The van der Waals surface area contributed by atoms with E-state index in [1.165, 1.54) is 22.3 Å². The van der Waals surface area contributed by atoms with Gasteiger partial charge in [0, 0.05) is 5.92 Å². The summed E-state index contributed by atoms with van der Waals surface area (Å²) in [6, 6.07) is 13.2. The highest BCUT2D eigenvalue weighted by atomic mass is 16.3. The molecule has 3 rings (SSSR count). The second kappa shape index (κ2) is 5.65. The van der Waals surface area contributed by atoms with Crippen LogP contribution < -0.4 is 0 Å². The topological polar surface area (TPSA) is 40.5 Å². The quantitative estimate of drug-likeness (QED) is 0.842. The lowest BCUT2D eigenvalue weighted by molar-refractivity contribution is 0.474. The number of rotatable bonds is 2. The normalized spacial score (nSPS) is 17.8. The molecule has 0 heterocycles. The molecule has 1 atom stereocenters. The first-order valence-electron chi connectivity index (χ1n) is 7.50. The summed E-state index contributed by atoms with van der Waals surface area (Å²) in [5, 5.41) is 19.2. The Bertz CT molecular complexity index is 668. The van der Waals surface area contributed by atoms with E-state index in [0.717, 1.165) is 19.3 Å². The van der Waals surface area contributed by atoms with Crippen LogP contribution in [0.25, 0.3) is 5.57 Å². The minimum atomic E-state index is 0.298. The Kier molecular flexibility index (Phi) is 3.70. The van der Waals surface area contributed by atoms with Crippen molar-refractivity contribution in [3.8, 4) is 11.5 Å². The van der Waals surface area contributed by atoms with Crippen LogP contribution in [0.5, 0.6) is 11.5 Å². The predicted molar refractivity (Wildman–Crippen MR) is 85.5 cm³/mol. The van der Waals surface area contributed by atoms with Gasteiger partial charge in [-0.3, -0.25) is 0 Å². The van der Waals surface area contributed by atoms with Crippen LogP contribution in [-0.2, 0) is 6.42 Å². The summed E-state index contributed by atoms with van der Waals surface area (Å²) in [4.78, 5) is 0. The molecule has 0 saturated carbocycles. The summed E-state index contributed by atoms with van der Waals surface area (Å²) in [5.74, 6) is 0.982. The first kappa shape index (κ1) is 13.7. The maximum atomic E-state index is 9.71. The number of hydrogen-bond donors (Lipinski definition) is 2. The second-order valence-corrected chi connectivity index (χ2v) is 5.59. The number of hydrogen-bond acceptors (Lipinski definition) is 2. The Hall–Kier alpha value is -2.22. The molecular weight excluding hydrogens is 260 g/mol. The van der Waals surface area contributed by atoms with E-state index in [0.29, 0.717) is 17.4 Å². The molecule has 1 aliphatic carbocycles. The Morgan fingerprint density at radius 3 is 2.43 bits per heavy atom. The van der Waals surface area contributed by atoms with Crippen LogP contribution in [0.1, 0.15) is 42.4 Å². The van der Waals surface area contributed by atoms with E-state index in [1.54, 1.807) is 18.2 Å². The van der Waals surface area contributed by atoms with E-state index < -0.39 is 0 Å². The van der Waals surface area contributed by atoms with E-state index in [1.807, 2.05) is 18.2 Å². The Balaban J connectivity index is 2.07. The van der Waals surface area contributed by atoms with Crippen molar-refractivity contribution in [1.82, 2.24) is 0 Å². The number of aromatic hydroxyl groups is 2. The fourth-order valence-electron chi connectivity index (χ4n) is 3.25. The molecule has 21 heavy (non-hydrogen) atoms. The van der Waals surface area contributed by atoms with Crippen LogP contribution in [0.15, 0.2) is 48.5 Å². The lowest BCUT2D eigenvalue weighted by Crippen LogP contribution is -2.02. The van der Waals surface area contributed by atoms with Crippen molar-refractivity contribution in [3.63, 3.8) is 0 Å². The number of phenolic OH excluding ortho intramolecular Hbond substituents is 2. The highest BCUT2D eigenvalue weighted by Crippen LogP contribution is 2.40. The average molecular weight is 280 g/mol. The molecule has 2 N–H and O–H groups in total. The van der Waals surface area contributed by atoms with Gasteiger partial charge in [0.2, 0.25) is 0 Å². The summed E-state index contributed by atoms with van der Waals surface area (Å²) >= 11 is 0. The van der Waals surface area contributed by atoms with Gasteiger partial charge < -0.3 is 10.2 Å². The third-order valence-electron chi connectivity index (χ3n) is 4.26. The molecule has 0 bridgehead atoms. The first-order chi connectivity index (χ1) is 10.2. The van der Waals surface area contributed by atoms with E-state index in [9.17, 15) is 10.2 Å². The van der Waals surface area contributed by atoms with Gasteiger partial charge >= 0.3 is 0 Å². The average Bonchev–Trinajstić information content (AvgIpc) is 2.66. The van der Waals surface area contributed by atoms with Crippen molar-refractivity contribution in [1.29, 1.82) is 0 Å². The first-order valence-corrected chi connectivity index (χ1v) is 7.50. The maximum absolute atomic E-state index is 9.71. The molecule has 0 saturated heterocycles. The highest BCUT2D eigenvalue weighted by Gasteiger charge is 2.21. The summed E-state index contributed by atoms with van der Waals surface area (Å²) in [5.41, 5.74) is 5.04. The molecule has 1 unspecified atom stereocenters. The van der Waals surface area contributed by atoms with Crippen molar-refractivity contribution >= 4 is 5.57 Å². The zero-order chi connectivity index (χ0) is 14.8. The summed E-state index contributed by atoms with van der Waals surface area (Å²) < 4.78 is 0. The number of phenols is 2. The Morgan fingerprint density at radius 2 is 1.71 bits per heavy atom. The van der Waals surface area contributed by atoms with Crippen molar-refractivity contribution in [3.05, 3.63) is 65.2 Å². The number of allylic oxidation sites excluding steroid dienone is 2.